The van der Waals surface area contributed by atoms with Crippen molar-refractivity contribution < 1.29 is 0 Å². The van der Waals surface area contributed by atoms with E-state index < -0.39 is 0 Å². The van der Waals surface area contributed by atoms with Crippen LogP contribution < -0.4 is 5.56 Å². The first-order valence-corrected chi connectivity index (χ1v) is 7.19. The molecule has 0 aliphatic heterocycles. The van der Waals surface area contributed by atoms with Crippen LogP contribution in [0.3, 0.4) is 0 Å². The summed E-state index contributed by atoms with van der Waals surface area (Å²) >= 11 is 1.48. The van der Waals surface area contributed by atoms with Crippen molar-refractivity contribution in [2.24, 2.45) is 5.92 Å². The van der Waals surface area contributed by atoms with E-state index in [0.717, 1.165) is 11.0 Å². The molecular weight excluding hydrogens is 246 g/mol. The van der Waals surface area contributed by atoms with Gasteiger partial charge in [0.25, 0.3) is 5.56 Å². The monoisotopic (exact) mass is 263 g/mol. The number of hydrogen-bond acceptors (Lipinski definition) is 4. The molecule has 0 N–H and O–H groups in total. The lowest BCUT2D eigenvalue weighted by Crippen LogP contribution is -2.26. The van der Waals surface area contributed by atoms with Crippen LogP contribution in [-0.2, 0) is 0 Å². The largest absolute Gasteiger partial charge is 0.289 e. The van der Waals surface area contributed by atoms with Crippen molar-refractivity contribution in [2.75, 3.05) is 6.26 Å². The Morgan fingerprint density at radius 1 is 1.28 bits per heavy atom. The average molecular weight is 263 g/mol. The molecule has 4 nitrogen and oxygen atoms in total. The van der Waals surface area contributed by atoms with Crippen LogP contribution in [-0.4, -0.2) is 20.8 Å². The fourth-order valence-corrected chi connectivity index (χ4v) is 2.15. The van der Waals surface area contributed by atoms with Crippen LogP contribution in [0.15, 0.2) is 28.3 Å². The van der Waals surface area contributed by atoms with Gasteiger partial charge in [0.05, 0.1) is 0 Å². The van der Waals surface area contributed by atoms with Gasteiger partial charge in [-0.05, 0) is 25.2 Å². The van der Waals surface area contributed by atoms with Crippen LogP contribution in [0.1, 0.15) is 26.8 Å². The van der Waals surface area contributed by atoms with E-state index in [-0.39, 0.29) is 11.6 Å². The summed E-state index contributed by atoms with van der Waals surface area (Å²) in [6.07, 6.45) is 3.70. The number of aromatic nitrogens is 3. The molecule has 0 radical (unpaired) electrons. The van der Waals surface area contributed by atoms with E-state index in [2.05, 4.69) is 23.8 Å². The summed E-state index contributed by atoms with van der Waals surface area (Å²) in [6.45, 7) is 6.26. The third-order valence-corrected chi connectivity index (χ3v) is 3.76. The predicted octanol–water partition coefficient (Wildman–Crippen LogP) is 2.73. The minimum atomic E-state index is -0.00514. The van der Waals surface area contributed by atoms with Gasteiger partial charge in [-0.1, -0.05) is 25.6 Å². The highest BCUT2D eigenvalue weighted by atomic mass is 32.2. The molecule has 96 valence electrons. The number of thioether (sulfide) groups is 1. The highest BCUT2D eigenvalue weighted by Gasteiger charge is 2.15. The summed E-state index contributed by atoms with van der Waals surface area (Å²) in [4.78, 5) is 20.8. The third kappa shape index (κ3) is 2.27. The lowest BCUT2D eigenvalue weighted by Gasteiger charge is -2.20. The van der Waals surface area contributed by atoms with Crippen molar-refractivity contribution in [1.29, 1.82) is 0 Å². The second-order valence-corrected chi connectivity index (χ2v) is 5.44. The Morgan fingerprint density at radius 2 is 2.00 bits per heavy atom. The van der Waals surface area contributed by atoms with Gasteiger partial charge in [0.1, 0.15) is 5.65 Å². The van der Waals surface area contributed by atoms with Gasteiger partial charge < -0.3 is 0 Å². The Kier molecular flexibility index (Phi) is 3.71. The predicted molar refractivity (Wildman–Crippen MR) is 75.1 cm³/mol. The first-order chi connectivity index (χ1) is 8.54. The van der Waals surface area contributed by atoms with Crippen LogP contribution >= 0.6 is 11.8 Å². The number of fused-ring (bicyclic) bond motifs is 1. The summed E-state index contributed by atoms with van der Waals surface area (Å²) in [5.41, 5.74) is 0.720. The molecule has 2 aromatic rings. The molecule has 0 amide bonds. The minimum absolute atomic E-state index is 0.00514. The fraction of sp³-hybridized carbons (Fsp3) is 0.462. The fourth-order valence-electron chi connectivity index (χ4n) is 1.81. The van der Waals surface area contributed by atoms with Gasteiger partial charge in [0.15, 0.2) is 5.16 Å². The summed E-state index contributed by atoms with van der Waals surface area (Å²) in [5.74, 6) is 0.376. The van der Waals surface area contributed by atoms with Gasteiger partial charge in [0.2, 0.25) is 0 Å². The van der Waals surface area contributed by atoms with Crippen LogP contribution in [0.25, 0.3) is 11.0 Å². The van der Waals surface area contributed by atoms with Crippen LogP contribution in [0.2, 0.25) is 0 Å². The van der Waals surface area contributed by atoms with E-state index in [1.165, 1.54) is 11.8 Å². The molecule has 0 spiro atoms. The van der Waals surface area contributed by atoms with Gasteiger partial charge in [-0.3, -0.25) is 9.36 Å². The minimum Gasteiger partial charge on any atom is -0.289 e. The SMILES string of the molecule is CSc1ncc2ccc(=O)n(C(C)C(C)C)c2n1. The van der Waals surface area contributed by atoms with Crippen molar-refractivity contribution in [1.82, 2.24) is 14.5 Å². The molecule has 0 saturated carbocycles. The molecule has 0 bridgehead atoms. The Hall–Kier alpha value is -1.36. The van der Waals surface area contributed by atoms with Crippen molar-refractivity contribution in [3.63, 3.8) is 0 Å². The average Bonchev–Trinajstić information content (AvgIpc) is 2.37. The quantitative estimate of drug-likeness (QED) is 0.631. The molecule has 1 unspecified atom stereocenters. The van der Waals surface area contributed by atoms with E-state index in [1.807, 2.05) is 13.2 Å². The Balaban J connectivity index is 2.76. The normalized spacial score (nSPS) is 13.2. The van der Waals surface area contributed by atoms with Crippen LogP contribution in [0.5, 0.6) is 0 Å². The maximum absolute atomic E-state index is 12.1. The lowest BCUT2D eigenvalue weighted by molar-refractivity contribution is 0.406. The third-order valence-electron chi connectivity index (χ3n) is 3.20. The summed E-state index contributed by atoms with van der Waals surface area (Å²) in [5, 5.41) is 1.60. The van der Waals surface area contributed by atoms with Crippen molar-refractivity contribution >= 4 is 22.8 Å². The Morgan fingerprint density at radius 3 is 2.61 bits per heavy atom. The molecule has 18 heavy (non-hydrogen) atoms. The number of nitrogens with zero attached hydrogens (tertiary/aromatic N) is 3. The molecule has 2 aromatic heterocycles. The number of pyridine rings is 1. The zero-order chi connectivity index (χ0) is 13.3. The topological polar surface area (TPSA) is 47.8 Å². The first kappa shape index (κ1) is 13.1. The number of rotatable bonds is 3. The number of hydrogen-bond donors (Lipinski definition) is 0. The molecule has 0 saturated heterocycles. The molecule has 2 rings (SSSR count). The first-order valence-electron chi connectivity index (χ1n) is 5.97. The Bertz CT molecular complexity index is 621. The van der Waals surface area contributed by atoms with E-state index in [0.29, 0.717) is 11.1 Å². The zero-order valence-electron chi connectivity index (χ0n) is 11.0. The van der Waals surface area contributed by atoms with Gasteiger partial charge in [-0.15, -0.1) is 0 Å². The molecule has 2 heterocycles. The second kappa shape index (κ2) is 5.10. The molecule has 0 aliphatic rings. The van der Waals surface area contributed by atoms with Gasteiger partial charge in [-0.2, -0.15) is 0 Å². The maximum atomic E-state index is 12.1. The Labute approximate surface area is 110 Å². The molecule has 0 aromatic carbocycles. The van der Waals surface area contributed by atoms with Crippen LogP contribution in [0, 0.1) is 5.92 Å². The summed E-state index contributed by atoms with van der Waals surface area (Å²) < 4.78 is 1.77. The lowest BCUT2D eigenvalue weighted by atomic mass is 10.1. The molecule has 5 heteroatoms. The maximum Gasteiger partial charge on any atom is 0.252 e. The van der Waals surface area contributed by atoms with Gasteiger partial charge in [0, 0.05) is 23.7 Å². The van der Waals surface area contributed by atoms with Crippen molar-refractivity contribution in [2.45, 2.75) is 32.0 Å². The molecule has 1 atom stereocenters. The molecule has 0 aliphatic carbocycles. The summed E-state index contributed by atoms with van der Waals surface area (Å²) in [6, 6.07) is 3.49. The summed E-state index contributed by atoms with van der Waals surface area (Å²) in [7, 11) is 0. The van der Waals surface area contributed by atoms with Gasteiger partial charge in [-0.25, -0.2) is 9.97 Å². The van der Waals surface area contributed by atoms with E-state index in [4.69, 9.17) is 0 Å². The molecular formula is C13H17N3OS. The second-order valence-electron chi connectivity index (χ2n) is 4.66. The van der Waals surface area contributed by atoms with E-state index in [9.17, 15) is 4.79 Å². The van der Waals surface area contributed by atoms with Crippen molar-refractivity contribution in [3.05, 3.63) is 28.7 Å². The highest BCUT2D eigenvalue weighted by molar-refractivity contribution is 7.98. The van der Waals surface area contributed by atoms with E-state index >= 15 is 0 Å². The van der Waals surface area contributed by atoms with Crippen LogP contribution in [0.4, 0.5) is 0 Å². The van der Waals surface area contributed by atoms with E-state index in [1.54, 1.807) is 22.9 Å². The smallest absolute Gasteiger partial charge is 0.252 e. The van der Waals surface area contributed by atoms with Crippen molar-refractivity contribution in [3.8, 4) is 0 Å². The zero-order valence-corrected chi connectivity index (χ0v) is 11.9. The standard InChI is InChI=1S/C13H17N3OS/c1-8(2)9(3)16-11(17)6-5-10-7-14-13(18-4)15-12(10)16/h5-9H,1-4H3. The molecule has 0 fully saturated rings. The highest BCUT2D eigenvalue weighted by Crippen LogP contribution is 2.20. The van der Waals surface area contributed by atoms with Gasteiger partial charge >= 0.3 is 0 Å².